The molecule has 3 heteroatoms. The smallest absolute Gasteiger partial charge is 0.159 e. The Balaban J connectivity index is 0.000000191. The number of carbonyl (C=O) groups excluding carboxylic acids is 1. The third kappa shape index (κ3) is 5.25. The molecule has 0 heterocycles. The van der Waals surface area contributed by atoms with E-state index in [2.05, 4.69) is 19.1 Å². The zero-order valence-electron chi connectivity index (χ0n) is 11.4. The molecule has 0 spiro atoms. The summed E-state index contributed by atoms with van der Waals surface area (Å²) in [6.07, 6.45) is 1.08. The van der Waals surface area contributed by atoms with E-state index in [9.17, 15) is 4.79 Å². The highest BCUT2D eigenvalue weighted by Gasteiger charge is 1.95. The number of hydrogen-bond donors (Lipinski definition) is 2. The van der Waals surface area contributed by atoms with Gasteiger partial charge in [0.2, 0.25) is 0 Å². The van der Waals surface area contributed by atoms with Gasteiger partial charge in [-0.15, -0.1) is 0 Å². The van der Waals surface area contributed by atoms with Crippen molar-refractivity contribution in [1.82, 2.24) is 0 Å². The summed E-state index contributed by atoms with van der Waals surface area (Å²) >= 11 is 0. The lowest BCUT2D eigenvalue weighted by molar-refractivity contribution is 0.101. The Morgan fingerprint density at radius 3 is 1.68 bits per heavy atom. The minimum atomic E-state index is 0.0694. The van der Waals surface area contributed by atoms with Crippen LogP contribution in [0.1, 0.15) is 29.8 Å². The first-order valence-corrected chi connectivity index (χ1v) is 6.23. The molecule has 0 amide bonds. The molecule has 2 aromatic carbocycles. The molecule has 0 saturated heterocycles. The zero-order valence-corrected chi connectivity index (χ0v) is 11.4. The maximum atomic E-state index is 10.7. The van der Waals surface area contributed by atoms with E-state index in [-0.39, 0.29) is 5.78 Å². The van der Waals surface area contributed by atoms with Crippen LogP contribution in [-0.4, -0.2) is 5.78 Å². The van der Waals surface area contributed by atoms with Gasteiger partial charge in [0.15, 0.2) is 5.78 Å². The molecule has 2 aromatic rings. The maximum absolute atomic E-state index is 10.7. The lowest BCUT2D eigenvalue weighted by atomic mass is 10.1. The summed E-state index contributed by atoms with van der Waals surface area (Å²) in [7, 11) is 0. The first kappa shape index (κ1) is 14.8. The van der Waals surface area contributed by atoms with Crippen LogP contribution in [0.25, 0.3) is 0 Å². The van der Waals surface area contributed by atoms with Gasteiger partial charge >= 0.3 is 0 Å². The molecule has 0 aliphatic rings. The van der Waals surface area contributed by atoms with Gasteiger partial charge < -0.3 is 11.5 Å². The molecule has 0 saturated carbocycles. The third-order valence-electron chi connectivity index (χ3n) is 2.71. The number of anilines is 2. The minimum absolute atomic E-state index is 0.0694. The van der Waals surface area contributed by atoms with Crippen LogP contribution in [0.3, 0.4) is 0 Å². The van der Waals surface area contributed by atoms with Crippen LogP contribution in [0.4, 0.5) is 11.4 Å². The fourth-order valence-electron chi connectivity index (χ4n) is 1.47. The van der Waals surface area contributed by atoms with Crippen LogP contribution >= 0.6 is 0 Å². The number of hydrogen-bond acceptors (Lipinski definition) is 3. The van der Waals surface area contributed by atoms with E-state index in [0.717, 1.165) is 12.1 Å². The molecule has 0 bridgehead atoms. The Bertz CT molecular complexity index is 515. The van der Waals surface area contributed by atoms with Gasteiger partial charge in [-0.25, -0.2) is 0 Å². The zero-order chi connectivity index (χ0) is 14.3. The second-order valence-electron chi connectivity index (χ2n) is 4.27. The molecular weight excluding hydrogens is 236 g/mol. The number of nitrogen functional groups attached to an aromatic ring is 2. The van der Waals surface area contributed by atoms with E-state index in [1.807, 2.05) is 12.1 Å². The SMILES string of the molecule is CC(=O)c1ccc(N)cc1.CCc1ccc(N)cc1. The molecule has 0 aromatic heterocycles. The Morgan fingerprint density at radius 1 is 0.895 bits per heavy atom. The maximum Gasteiger partial charge on any atom is 0.159 e. The van der Waals surface area contributed by atoms with E-state index in [0.29, 0.717) is 11.3 Å². The Morgan fingerprint density at radius 2 is 1.32 bits per heavy atom. The summed E-state index contributed by atoms with van der Waals surface area (Å²) in [6, 6.07) is 14.8. The van der Waals surface area contributed by atoms with Gasteiger partial charge in [-0.3, -0.25) is 4.79 Å². The molecule has 2 rings (SSSR count). The minimum Gasteiger partial charge on any atom is -0.399 e. The van der Waals surface area contributed by atoms with E-state index in [1.54, 1.807) is 24.3 Å². The first-order chi connectivity index (χ1) is 9.02. The van der Waals surface area contributed by atoms with Gasteiger partial charge in [-0.2, -0.15) is 0 Å². The fourth-order valence-corrected chi connectivity index (χ4v) is 1.47. The second kappa shape index (κ2) is 7.21. The van der Waals surface area contributed by atoms with Gasteiger partial charge in [-0.1, -0.05) is 19.1 Å². The van der Waals surface area contributed by atoms with Crippen molar-refractivity contribution in [2.45, 2.75) is 20.3 Å². The van der Waals surface area contributed by atoms with Gasteiger partial charge in [0, 0.05) is 16.9 Å². The van der Waals surface area contributed by atoms with Gasteiger partial charge in [0.1, 0.15) is 0 Å². The summed E-state index contributed by atoms with van der Waals surface area (Å²) in [4.78, 5) is 10.7. The number of Topliss-reactive ketones (excluding diaryl/α,β-unsaturated/α-hetero) is 1. The second-order valence-corrected chi connectivity index (χ2v) is 4.27. The van der Waals surface area contributed by atoms with Crippen LogP contribution in [0.5, 0.6) is 0 Å². The van der Waals surface area contributed by atoms with Crippen LogP contribution in [0.15, 0.2) is 48.5 Å². The van der Waals surface area contributed by atoms with Crippen molar-refractivity contribution in [1.29, 1.82) is 0 Å². The summed E-state index contributed by atoms with van der Waals surface area (Å²) in [5, 5.41) is 0. The van der Waals surface area contributed by atoms with Gasteiger partial charge in [0.05, 0.1) is 0 Å². The van der Waals surface area contributed by atoms with Crippen molar-refractivity contribution in [2.24, 2.45) is 0 Å². The van der Waals surface area contributed by atoms with Crippen molar-refractivity contribution in [3.8, 4) is 0 Å². The van der Waals surface area contributed by atoms with Gasteiger partial charge in [-0.05, 0) is 55.3 Å². The highest BCUT2D eigenvalue weighted by atomic mass is 16.1. The average Bonchev–Trinajstić information content (AvgIpc) is 2.41. The average molecular weight is 256 g/mol. The molecule has 0 atom stereocenters. The van der Waals surface area contributed by atoms with E-state index in [1.165, 1.54) is 12.5 Å². The highest BCUT2D eigenvalue weighted by Crippen LogP contribution is 2.05. The molecule has 4 N–H and O–H groups in total. The third-order valence-corrected chi connectivity index (χ3v) is 2.71. The number of nitrogens with two attached hydrogens (primary N) is 2. The molecule has 100 valence electrons. The standard InChI is InChI=1S/C8H9NO.C8H11N/c1-6(10)7-2-4-8(9)5-3-7;1-2-7-3-5-8(9)6-4-7/h2-5H,9H2,1H3;3-6H,2,9H2,1H3. The van der Waals surface area contributed by atoms with Crippen LogP contribution < -0.4 is 11.5 Å². The predicted octanol–water partition coefficient (Wildman–Crippen LogP) is 3.30. The van der Waals surface area contributed by atoms with E-state index >= 15 is 0 Å². The summed E-state index contributed by atoms with van der Waals surface area (Å²) < 4.78 is 0. The first-order valence-electron chi connectivity index (χ1n) is 6.23. The lowest BCUT2D eigenvalue weighted by Crippen LogP contribution is -1.91. The molecule has 0 fully saturated rings. The monoisotopic (exact) mass is 256 g/mol. The van der Waals surface area contributed by atoms with Gasteiger partial charge in [0.25, 0.3) is 0 Å². The van der Waals surface area contributed by atoms with Crippen molar-refractivity contribution >= 4 is 17.2 Å². The topological polar surface area (TPSA) is 69.1 Å². The number of aryl methyl sites for hydroxylation is 1. The van der Waals surface area contributed by atoms with Crippen LogP contribution in [0.2, 0.25) is 0 Å². The molecule has 0 aliphatic carbocycles. The lowest BCUT2D eigenvalue weighted by Gasteiger charge is -1.94. The summed E-state index contributed by atoms with van der Waals surface area (Å²) in [5.41, 5.74) is 14.5. The summed E-state index contributed by atoms with van der Waals surface area (Å²) in [6.45, 7) is 3.66. The number of benzene rings is 2. The van der Waals surface area contributed by atoms with E-state index < -0.39 is 0 Å². The number of rotatable bonds is 2. The molecular formula is C16H20N2O. The predicted molar refractivity (Wildman–Crippen MR) is 81.1 cm³/mol. The molecule has 0 aliphatic heterocycles. The molecule has 0 unspecified atom stereocenters. The number of ketones is 1. The van der Waals surface area contributed by atoms with Crippen molar-refractivity contribution in [3.63, 3.8) is 0 Å². The van der Waals surface area contributed by atoms with Crippen LogP contribution in [-0.2, 0) is 6.42 Å². The Kier molecular flexibility index (Phi) is 5.61. The Hall–Kier alpha value is -2.29. The van der Waals surface area contributed by atoms with E-state index in [4.69, 9.17) is 11.5 Å². The van der Waals surface area contributed by atoms with Crippen LogP contribution in [0, 0.1) is 0 Å². The number of carbonyl (C=O) groups is 1. The molecule has 0 radical (unpaired) electrons. The van der Waals surface area contributed by atoms with Crippen molar-refractivity contribution < 1.29 is 4.79 Å². The fraction of sp³-hybridized carbons (Fsp3) is 0.188. The quantitative estimate of drug-likeness (QED) is 0.639. The Labute approximate surface area is 114 Å². The normalized spacial score (nSPS) is 9.37. The summed E-state index contributed by atoms with van der Waals surface area (Å²) in [5.74, 6) is 0.0694. The molecule has 19 heavy (non-hydrogen) atoms. The highest BCUT2D eigenvalue weighted by molar-refractivity contribution is 5.94. The largest absolute Gasteiger partial charge is 0.399 e. The van der Waals surface area contributed by atoms with Crippen molar-refractivity contribution in [2.75, 3.05) is 11.5 Å². The van der Waals surface area contributed by atoms with Crippen molar-refractivity contribution in [3.05, 3.63) is 59.7 Å². The molecule has 3 nitrogen and oxygen atoms in total.